The lowest BCUT2D eigenvalue weighted by molar-refractivity contribution is 0.0703. The Bertz CT molecular complexity index is 1170. The van der Waals surface area contributed by atoms with Crippen molar-refractivity contribution in [3.63, 3.8) is 0 Å². The summed E-state index contributed by atoms with van der Waals surface area (Å²) in [7, 11) is -3.81. The summed E-state index contributed by atoms with van der Waals surface area (Å²) >= 11 is 0. The van der Waals surface area contributed by atoms with Gasteiger partial charge in [-0.25, -0.2) is 18.4 Å². The standard InChI is InChI=1S/C21H28N6O4S/c1-13-11-22-19(23-12-13)15(3)16(4)32(28,29)26-21-25-24-20(18-6-5-14(2)31-18)27(21)17-7-9-30-10-8-17/h5-6,11-12,15-17H,7-10H2,1-4H3,(H,25,26)/t15-,16-/m0/s1. The molecule has 0 aliphatic carbocycles. The number of furan rings is 1. The second-order valence-corrected chi connectivity index (χ2v) is 10.3. The third-order valence-corrected chi connectivity index (χ3v) is 7.70. The molecule has 1 aliphatic heterocycles. The van der Waals surface area contributed by atoms with Gasteiger partial charge in [0.15, 0.2) is 5.76 Å². The van der Waals surface area contributed by atoms with Crippen LogP contribution in [0.2, 0.25) is 0 Å². The summed E-state index contributed by atoms with van der Waals surface area (Å²) in [5.74, 6) is 2.01. The number of nitrogens with one attached hydrogen (secondary N) is 1. The van der Waals surface area contributed by atoms with E-state index in [1.54, 1.807) is 26.2 Å². The molecule has 10 nitrogen and oxygen atoms in total. The van der Waals surface area contributed by atoms with Crippen molar-refractivity contribution >= 4 is 16.0 Å². The quantitative estimate of drug-likeness (QED) is 0.570. The van der Waals surface area contributed by atoms with E-state index in [-0.39, 0.29) is 12.0 Å². The van der Waals surface area contributed by atoms with Crippen LogP contribution < -0.4 is 4.72 Å². The first kappa shape index (κ1) is 22.4. The lowest BCUT2D eigenvalue weighted by Crippen LogP contribution is -2.32. The summed E-state index contributed by atoms with van der Waals surface area (Å²) in [6.07, 6.45) is 4.82. The Labute approximate surface area is 187 Å². The highest BCUT2D eigenvalue weighted by atomic mass is 32.2. The Morgan fingerprint density at radius 1 is 1.09 bits per heavy atom. The molecule has 0 radical (unpaired) electrons. The minimum absolute atomic E-state index is 0.00924. The summed E-state index contributed by atoms with van der Waals surface area (Å²) in [4.78, 5) is 8.59. The van der Waals surface area contributed by atoms with E-state index in [1.165, 1.54) is 0 Å². The zero-order valence-electron chi connectivity index (χ0n) is 18.6. The summed E-state index contributed by atoms with van der Waals surface area (Å²) in [6, 6.07) is 3.64. The van der Waals surface area contributed by atoms with E-state index in [9.17, 15) is 8.42 Å². The Morgan fingerprint density at radius 2 is 1.78 bits per heavy atom. The predicted molar refractivity (Wildman–Crippen MR) is 119 cm³/mol. The molecule has 0 spiro atoms. The van der Waals surface area contributed by atoms with Crippen LogP contribution in [0.1, 0.15) is 55.8 Å². The monoisotopic (exact) mass is 460 g/mol. The minimum Gasteiger partial charge on any atom is -0.458 e. The van der Waals surface area contributed by atoms with Crippen LogP contribution in [0.4, 0.5) is 5.95 Å². The fraction of sp³-hybridized carbons (Fsp3) is 0.524. The van der Waals surface area contributed by atoms with Gasteiger partial charge in [0.2, 0.25) is 21.8 Å². The second-order valence-electron chi connectivity index (χ2n) is 8.23. The highest BCUT2D eigenvalue weighted by Crippen LogP contribution is 2.32. The molecule has 32 heavy (non-hydrogen) atoms. The highest BCUT2D eigenvalue weighted by Gasteiger charge is 2.33. The summed E-state index contributed by atoms with van der Waals surface area (Å²) in [5, 5.41) is 7.64. The molecule has 11 heteroatoms. The number of hydrogen-bond acceptors (Lipinski definition) is 8. The number of nitrogens with zero attached hydrogens (tertiary/aromatic N) is 5. The normalized spacial score (nSPS) is 17.2. The smallest absolute Gasteiger partial charge is 0.238 e. The van der Waals surface area contributed by atoms with Crippen molar-refractivity contribution in [1.82, 2.24) is 24.7 Å². The number of ether oxygens (including phenoxy) is 1. The molecule has 1 N–H and O–H groups in total. The molecule has 1 saturated heterocycles. The van der Waals surface area contributed by atoms with Crippen molar-refractivity contribution in [2.45, 2.75) is 57.7 Å². The Hall–Kier alpha value is -2.79. The third kappa shape index (κ3) is 4.53. The Morgan fingerprint density at radius 3 is 2.41 bits per heavy atom. The van der Waals surface area contributed by atoms with Gasteiger partial charge in [0.25, 0.3) is 0 Å². The van der Waals surface area contributed by atoms with Gasteiger partial charge in [-0.3, -0.25) is 9.29 Å². The molecule has 2 atom stereocenters. The first-order valence-electron chi connectivity index (χ1n) is 10.7. The Kier molecular flexibility index (Phi) is 6.29. The van der Waals surface area contributed by atoms with Crippen LogP contribution in [-0.2, 0) is 14.8 Å². The topological polar surface area (TPSA) is 125 Å². The van der Waals surface area contributed by atoms with Crippen LogP contribution in [0.15, 0.2) is 28.9 Å². The van der Waals surface area contributed by atoms with Crippen molar-refractivity contribution in [3.8, 4) is 11.6 Å². The molecule has 3 aromatic heterocycles. The van der Waals surface area contributed by atoms with Gasteiger partial charge in [-0.15, -0.1) is 10.2 Å². The van der Waals surface area contributed by atoms with Crippen molar-refractivity contribution in [2.75, 3.05) is 17.9 Å². The molecule has 0 saturated carbocycles. The summed E-state index contributed by atoms with van der Waals surface area (Å²) in [5.41, 5.74) is 0.917. The lowest BCUT2D eigenvalue weighted by atomic mass is 10.1. The van der Waals surface area contributed by atoms with Gasteiger partial charge in [0.05, 0.1) is 5.25 Å². The molecule has 0 unspecified atom stereocenters. The second kappa shape index (κ2) is 8.99. The summed E-state index contributed by atoms with van der Waals surface area (Å²) in [6.45, 7) is 8.35. The minimum atomic E-state index is -3.81. The van der Waals surface area contributed by atoms with Gasteiger partial charge < -0.3 is 9.15 Å². The van der Waals surface area contributed by atoms with Crippen LogP contribution in [0.3, 0.4) is 0 Å². The van der Waals surface area contributed by atoms with Gasteiger partial charge in [0.1, 0.15) is 11.6 Å². The van der Waals surface area contributed by atoms with E-state index >= 15 is 0 Å². The van der Waals surface area contributed by atoms with Crippen LogP contribution in [0.25, 0.3) is 11.6 Å². The zero-order valence-corrected chi connectivity index (χ0v) is 19.5. The maximum atomic E-state index is 13.3. The average Bonchev–Trinajstić information content (AvgIpc) is 3.39. The summed E-state index contributed by atoms with van der Waals surface area (Å²) < 4.78 is 42.3. The van der Waals surface area contributed by atoms with Crippen LogP contribution >= 0.6 is 0 Å². The van der Waals surface area contributed by atoms with E-state index in [2.05, 4.69) is 24.9 Å². The van der Waals surface area contributed by atoms with E-state index in [4.69, 9.17) is 9.15 Å². The molecule has 0 aromatic carbocycles. The van der Waals surface area contributed by atoms with Crippen LogP contribution in [-0.4, -0.2) is 51.6 Å². The molecule has 1 fully saturated rings. The molecule has 172 valence electrons. The molecule has 3 aromatic rings. The van der Waals surface area contributed by atoms with E-state index < -0.39 is 21.2 Å². The average molecular weight is 461 g/mol. The highest BCUT2D eigenvalue weighted by molar-refractivity contribution is 7.93. The van der Waals surface area contributed by atoms with Gasteiger partial charge in [-0.1, -0.05) is 6.92 Å². The van der Waals surface area contributed by atoms with Gasteiger partial charge in [-0.05, 0) is 51.3 Å². The SMILES string of the molecule is Cc1cnc([C@@H](C)[C@H](C)S(=O)(=O)Nc2nnc(-c3ccc(C)o3)n2C2CCOCC2)nc1. The van der Waals surface area contributed by atoms with Crippen LogP contribution in [0, 0.1) is 13.8 Å². The molecule has 1 aliphatic rings. The van der Waals surface area contributed by atoms with E-state index in [1.807, 2.05) is 30.5 Å². The fourth-order valence-corrected chi connectivity index (χ4v) is 4.95. The van der Waals surface area contributed by atoms with Crippen molar-refractivity contribution in [3.05, 3.63) is 41.7 Å². The largest absolute Gasteiger partial charge is 0.458 e. The predicted octanol–water partition coefficient (Wildman–Crippen LogP) is 3.23. The number of aryl methyl sites for hydroxylation is 2. The van der Waals surface area contributed by atoms with Gasteiger partial charge in [0, 0.05) is 37.6 Å². The lowest BCUT2D eigenvalue weighted by Gasteiger charge is -2.26. The number of anilines is 1. The van der Waals surface area contributed by atoms with Gasteiger partial charge >= 0.3 is 0 Å². The number of rotatable bonds is 7. The fourth-order valence-electron chi connectivity index (χ4n) is 3.71. The molecule has 4 rings (SSSR count). The molecule has 0 bridgehead atoms. The first-order chi connectivity index (χ1) is 15.3. The molecule has 4 heterocycles. The van der Waals surface area contributed by atoms with Crippen molar-refractivity contribution < 1.29 is 17.6 Å². The van der Waals surface area contributed by atoms with E-state index in [0.29, 0.717) is 30.6 Å². The Balaban J connectivity index is 1.65. The zero-order chi connectivity index (χ0) is 22.9. The molecular weight excluding hydrogens is 432 g/mol. The maximum absolute atomic E-state index is 13.3. The van der Waals surface area contributed by atoms with Crippen molar-refractivity contribution in [1.29, 1.82) is 0 Å². The third-order valence-electron chi connectivity index (χ3n) is 5.85. The van der Waals surface area contributed by atoms with Gasteiger partial charge in [-0.2, -0.15) is 0 Å². The van der Waals surface area contributed by atoms with E-state index in [0.717, 1.165) is 24.2 Å². The van der Waals surface area contributed by atoms with Crippen molar-refractivity contribution in [2.24, 2.45) is 0 Å². The molecular formula is C21H28N6O4S. The number of hydrogen-bond donors (Lipinski definition) is 1. The number of sulfonamides is 1. The maximum Gasteiger partial charge on any atom is 0.238 e. The number of aromatic nitrogens is 5. The first-order valence-corrected chi connectivity index (χ1v) is 12.2. The van der Waals surface area contributed by atoms with Crippen LogP contribution in [0.5, 0.6) is 0 Å². The molecule has 0 amide bonds.